The lowest BCUT2D eigenvalue weighted by Crippen LogP contribution is -2.36. The normalized spacial score (nSPS) is 14.1. The van der Waals surface area contributed by atoms with Gasteiger partial charge in [0.05, 0.1) is 27.4 Å². The van der Waals surface area contributed by atoms with Crippen molar-refractivity contribution < 1.29 is 19.0 Å². The summed E-state index contributed by atoms with van der Waals surface area (Å²) in [7, 11) is 3.07. The maximum atomic E-state index is 12.4. The molecule has 1 aliphatic heterocycles. The van der Waals surface area contributed by atoms with Crippen LogP contribution in [0.5, 0.6) is 11.5 Å². The predicted molar refractivity (Wildman–Crippen MR) is 92.6 cm³/mol. The Balaban J connectivity index is 1.70. The summed E-state index contributed by atoms with van der Waals surface area (Å²) in [5.74, 6) is 1.91. The summed E-state index contributed by atoms with van der Waals surface area (Å²) in [4.78, 5) is 14.5. The number of methoxy groups -OCH3 is 2. The third kappa shape index (κ3) is 4.16. The Morgan fingerprint density at radius 2 is 1.76 bits per heavy atom. The van der Waals surface area contributed by atoms with Crippen LogP contribution in [0, 0.1) is 0 Å². The Kier molecular flexibility index (Phi) is 5.30. The molecule has 8 heteroatoms. The fourth-order valence-electron chi connectivity index (χ4n) is 2.48. The Morgan fingerprint density at radius 1 is 1.08 bits per heavy atom. The van der Waals surface area contributed by atoms with Crippen molar-refractivity contribution in [1.82, 2.24) is 10.2 Å². The van der Waals surface area contributed by atoms with Crippen molar-refractivity contribution in [2.45, 2.75) is 0 Å². The Hall–Kier alpha value is -2.87. The average molecular weight is 344 g/mol. The van der Waals surface area contributed by atoms with Crippen molar-refractivity contribution in [3.63, 3.8) is 0 Å². The fraction of sp³-hybridized carbons (Fsp3) is 0.353. The lowest BCUT2D eigenvalue weighted by atomic mass is 10.2. The van der Waals surface area contributed by atoms with Crippen LogP contribution in [0.3, 0.4) is 0 Å². The van der Waals surface area contributed by atoms with E-state index in [1.807, 2.05) is 6.07 Å². The monoisotopic (exact) mass is 344 g/mol. The largest absolute Gasteiger partial charge is 0.497 e. The van der Waals surface area contributed by atoms with Gasteiger partial charge >= 0.3 is 0 Å². The number of hydrogen-bond donors (Lipinski definition) is 1. The smallest absolute Gasteiger partial charge is 0.257 e. The van der Waals surface area contributed by atoms with Gasteiger partial charge in [-0.2, -0.15) is 0 Å². The number of ether oxygens (including phenoxy) is 3. The first-order valence-corrected chi connectivity index (χ1v) is 7.90. The second-order valence-corrected chi connectivity index (χ2v) is 5.43. The van der Waals surface area contributed by atoms with Crippen LogP contribution in [-0.4, -0.2) is 56.6 Å². The Bertz CT molecular complexity index is 708. The van der Waals surface area contributed by atoms with Gasteiger partial charge in [-0.05, 0) is 24.3 Å². The molecule has 0 atom stereocenters. The van der Waals surface area contributed by atoms with Crippen molar-refractivity contribution in [1.29, 1.82) is 0 Å². The summed E-state index contributed by atoms with van der Waals surface area (Å²) >= 11 is 0. The van der Waals surface area contributed by atoms with Gasteiger partial charge < -0.3 is 24.4 Å². The molecule has 0 saturated carbocycles. The number of anilines is 2. The number of benzene rings is 1. The average Bonchev–Trinajstić information content (AvgIpc) is 2.68. The SMILES string of the molecule is COc1cc(OC)cc(C(=O)Nc2ccc(N3CCOCC3)nn2)c1. The number of nitrogens with one attached hydrogen (secondary N) is 1. The van der Waals surface area contributed by atoms with E-state index >= 15 is 0 Å². The highest BCUT2D eigenvalue weighted by Crippen LogP contribution is 2.23. The van der Waals surface area contributed by atoms with E-state index in [1.54, 1.807) is 24.3 Å². The van der Waals surface area contributed by atoms with E-state index < -0.39 is 0 Å². The minimum atomic E-state index is -0.314. The molecule has 1 aromatic carbocycles. The fourth-order valence-corrected chi connectivity index (χ4v) is 2.48. The van der Waals surface area contributed by atoms with Gasteiger partial charge in [0.25, 0.3) is 5.91 Å². The van der Waals surface area contributed by atoms with E-state index in [-0.39, 0.29) is 5.91 Å². The van der Waals surface area contributed by atoms with E-state index in [2.05, 4.69) is 20.4 Å². The summed E-state index contributed by atoms with van der Waals surface area (Å²) in [5, 5.41) is 11.0. The zero-order chi connectivity index (χ0) is 17.6. The number of hydrogen-bond acceptors (Lipinski definition) is 7. The molecular formula is C17H20N4O4. The van der Waals surface area contributed by atoms with Gasteiger partial charge in [0.15, 0.2) is 11.6 Å². The molecule has 8 nitrogen and oxygen atoms in total. The standard InChI is InChI=1S/C17H20N4O4/c1-23-13-9-12(10-14(11-13)24-2)17(22)18-15-3-4-16(20-19-15)21-5-7-25-8-6-21/h3-4,9-11H,5-8H2,1-2H3,(H,18,19,22). The van der Waals surface area contributed by atoms with Crippen molar-refractivity contribution in [3.8, 4) is 11.5 Å². The van der Waals surface area contributed by atoms with Crippen LogP contribution in [0.4, 0.5) is 11.6 Å². The van der Waals surface area contributed by atoms with Gasteiger partial charge in [-0.1, -0.05) is 0 Å². The summed E-state index contributed by atoms with van der Waals surface area (Å²) in [6, 6.07) is 8.53. The maximum absolute atomic E-state index is 12.4. The second kappa shape index (κ2) is 7.80. The first-order chi connectivity index (χ1) is 12.2. The van der Waals surface area contributed by atoms with Crippen LogP contribution >= 0.6 is 0 Å². The zero-order valence-electron chi connectivity index (χ0n) is 14.2. The molecule has 0 aliphatic carbocycles. The molecule has 1 saturated heterocycles. The predicted octanol–water partition coefficient (Wildman–Crippen LogP) is 1.58. The van der Waals surface area contributed by atoms with E-state index in [9.17, 15) is 4.79 Å². The molecule has 1 aromatic heterocycles. The minimum absolute atomic E-state index is 0.314. The molecule has 1 aliphatic rings. The maximum Gasteiger partial charge on any atom is 0.257 e. The van der Waals surface area contributed by atoms with Gasteiger partial charge in [-0.25, -0.2) is 0 Å². The van der Waals surface area contributed by atoms with Gasteiger partial charge in [0.2, 0.25) is 0 Å². The number of aromatic nitrogens is 2. The van der Waals surface area contributed by atoms with Crippen molar-refractivity contribution in [3.05, 3.63) is 35.9 Å². The molecule has 1 fully saturated rings. The Morgan fingerprint density at radius 3 is 2.32 bits per heavy atom. The number of nitrogens with zero attached hydrogens (tertiary/aromatic N) is 3. The van der Waals surface area contributed by atoms with E-state index in [0.29, 0.717) is 36.1 Å². The van der Waals surface area contributed by atoms with Crippen LogP contribution in [0.2, 0.25) is 0 Å². The van der Waals surface area contributed by atoms with Crippen molar-refractivity contribution >= 4 is 17.5 Å². The first kappa shape index (κ1) is 17.0. The van der Waals surface area contributed by atoms with Gasteiger partial charge in [0.1, 0.15) is 11.5 Å². The third-order valence-corrected chi connectivity index (χ3v) is 3.84. The molecule has 1 N–H and O–H groups in total. The van der Waals surface area contributed by atoms with E-state index in [0.717, 1.165) is 18.9 Å². The molecule has 0 bridgehead atoms. The number of rotatable bonds is 5. The molecule has 0 unspecified atom stereocenters. The minimum Gasteiger partial charge on any atom is -0.497 e. The van der Waals surface area contributed by atoms with E-state index in [4.69, 9.17) is 14.2 Å². The summed E-state index contributed by atoms with van der Waals surface area (Å²) in [6.45, 7) is 2.92. The van der Waals surface area contributed by atoms with Crippen LogP contribution < -0.4 is 19.7 Å². The quantitative estimate of drug-likeness (QED) is 0.881. The molecule has 1 amide bonds. The second-order valence-electron chi connectivity index (χ2n) is 5.43. The molecule has 132 valence electrons. The van der Waals surface area contributed by atoms with Crippen molar-refractivity contribution in [2.75, 3.05) is 50.7 Å². The topological polar surface area (TPSA) is 85.8 Å². The van der Waals surface area contributed by atoms with Gasteiger partial charge in [0, 0.05) is 24.7 Å². The van der Waals surface area contributed by atoms with E-state index in [1.165, 1.54) is 14.2 Å². The highest BCUT2D eigenvalue weighted by molar-refractivity contribution is 6.04. The number of morpholine rings is 1. The molecule has 0 radical (unpaired) electrons. The summed E-state index contributed by atoms with van der Waals surface area (Å²) < 4.78 is 15.7. The van der Waals surface area contributed by atoms with Crippen LogP contribution in [-0.2, 0) is 4.74 Å². The summed E-state index contributed by atoms with van der Waals surface area (Å²) in [5.41, 5.74) is 0.412. The van der Waals surface area contributed by atoms with Crippen LogP contribution in [0.25, 0.3) is 0 Å². The van der Waals surface area contributed by atoms with Gasteiger partial charge in [-0.3, -0.25) is 4.79 Å². The Labute approximate surface area is 145 Å². The lowest BCUT2D eigenvalue weighted by molar-refractivity contribution is 0.102. The lowest BCUT2D eigenvalue weighted by Gasteiger charge is -2.27. The van der Waals surface area contributed by atoms with Crippen LogP contribution in [0.1, 0.15) is 10.4 Å². The number of amides is 1. The molecule has 3 rings (SSSR count). The van der Waals surface area contributed by atoms with Crippen LogP contribution in [0.15, 0.2) is 30.3 Å². The third-order valence-electron chi connectivity index (χ3n) is 3.84. The summed E-state index contributed by atoms with van der Waals surface area (Å²) in [6.07, 6.45) is 0. The molecule has 25 heavy (non-hydrogen) atoms. The molecule has 0 spiro atoms. The highest BCUT2D eigenvalue weighted by atomic mass is 16.5. The molecule has 2 aromatic rings. The molecule has 2 heterocycles. The number of carbonyl (C=O) groups is 1. The zero-order valence-corrected chi connectivity index (χ0v) is 14.2. The van der Waals surface area contributed by atoms with Crippen molar-refractivity contribution in [2.24, 2.45) is 0 Å². The van der Waals surface area contributed by atoms with Gasteiger partial charge in [-0.15, -0.1) is 10.2 Å². The molecular weight excluding hydrogens is 324 g/mol. The first-order valence-electron chi connectivity index (χ1n) is 7.90. The number of carbonyl (C=O) groups excluding carboxylic acids is 1. The highest BCUT2D eigenvalue weighted by Gasteiger charge is 2.14.